The van der Waals surface area contributed by atoms with Gasteiger partial charge in [-0.05, 0) is 23.6 Å². The van der Waals surface area contributed by atoms with E-state index in [9.17, 15) is 13.6 Å². The maximum absolute atomic E-state index is 13.0. The maximum Gasteiger partial charge on any atom is 0.195 e. The lowest BCUT2D eigenvalue weighted by Gasteiger charge is -2.02. The number of rotatable bonds is 2. The van der Waals surface area contributed by atoms with Gasteiger partial charge in [0.1, 0.15) is 0 Å². The zero-order chi connectivity index (χ0) is 11.7. The van der Waals surface area contributed by atoms with Crippen molar-refractivity contribution >= 4 is 28.7 Å². The molecule has 82 valence electrons. The quantitative estimate of drug-likeness (QED) is 0.590. The molecule has 1 aromatic heterocycles. The van der Waals surface area contributed by atoms with Gasteiger partial charge in [0.05, 0.1) is 5.02 Å². The Morgan fingerprint density at radius 1 is 1.25 bits per heavy atom. The summed E-state index contributed by atoms with van der Waals surface area (Å²) in [7, 11) is 0. The van der Waals surface area contributed by atoms with E-state index in [0.717, 1.165) is 12.1 Å². The first-order valence-corrected chi connectivity index (χ1v) is 5.63. The van der Waals surface area contributed by atoms with Crippen LogP contribution in [0.25, 0.3) is 0 Å². The van der Waals surface area contributed by atoms with Crippen LogP contribution in [-0.2, 0) is 0 Å². The normalized spacial score (nSPS) is 10.4. The van der Waals surface area contributed by atoms with Crippen LogP contribution < -0.4 is 0 Å². The molecule has 0 aliphatic carbocycles. The van der Waals surface area contributed by atoms with E-state index in [1.54, 1.807) is 16.8 Å². The number of benzene rings is 1. The van der Waals surface area contributed by atoms with Crippen LogP contribution in [0.1, 0.15) is 15.9 Å². The van der Waals surface area contributed by atoms with Crippen molar-refractivity contribution in [3.05, 3.63) is 56.7 Å². The summed E-state index contributed by atoms with van der Waals surface area (Å²) in [5, 5.41) is 3.26. The fourth-order valence-corrected chi connectivity index (χ4v) is 2.12. The Morgan fingerprint density at radius 2 is 1.94 bits per heavy atom. The molecule has 5 heteroatoms. The van der Waals surface area contributed by atoms with Crippen molar-refractivity contribution < 1.29 is 13.6 Å². The fourth-order valence-electron chi connectivity index (χ4n) is 1.25. The molecule has 1 aromatic carbocycles. The van der Waals surface area contributed by atoms with Crippen LogP contribution in [0.5, 0.6) is 0 Å². The van der Waals surface area contributed by atoms with E-state index in [0.29, 0.717) is 5.56 Å². The summed E-state index contributed by atoms with van der Waals surface area (Å²) in [6, 6.07) is 3.22. The largest absolute Gasteiger partial charge is 0.289 e. The van der Waals surface area contributed by atoms with Gasteiger partial charge in [-0.1, -0.05) is 11.6 Å². The third kappa shape index (κ3) is 1.99. The van der Waals surface area contributed by atoms with Crippen molar-refractivity contribution in [1.82, 2.24) is 0 Å². The summed E-state index contributed by atoms with van der Waals surface area (Å²) in [4.78, 5) is 11.8. The van der Waals surface area contributed by atoms with Crippen molar-refractivity contribution in [3.63, 3.8) is 0 Å². The van der Waals surface area contributed by atoms with Crippen molar-refractivity contribution in [2.45, 2.75) is 0 Å². The van der Waals surface area contributed by atoms with Gasteiger partial charge >= 0.3 is 0 Å². The zero-order valence-corrected chi connectivity index (χ0v) is 9.41. The molecular formula is C11H5ClF2OS. The Labute approximate surface area is 99.3 Å². The van der Waals surface area contributed by atoms with E-state index in [2.05, 4.69) is 0 Å². The van der Waals surface area contributed by atoms with Gasteiger partial charge in [-0.2, -0.15) is 11.3 Å². The van der Waals surface area contributed by atoms with Gasteiger partial charge in [0, 0.05) is 16.5 Å². The van der Waals surface area contributed by atoms with Gasteiger partial charge in [-0.15, -0.1) is 0 Å². The minimum absolute atomic E-state index is 0.0287. The molecule has 0 aliphatic rings. The average molecular weight is 259 g/mol. The van der Waals surface area contributed by atoms with E-state index in [4.69, 9.17) is 11.6 Å². The van der Waals surface area contributed by atoms with E-state index in [1.807, 2.05) is 0 Å². The molecule has 1 nitrogen and oxygen atoms in total. The molecule has 0 saturated heterocycles. The fraction of sp³-hybridized carbons (Fsp3) is 0. The number of ketones is 1. The Morgan fingerprint density at radius 3 is 2.56 bits per heavy atom. The second-order valence-electron chi connectivity index (χ2n) is 3.09. The lowest BCUT2D eigenvalue weighted by atomic mass is 10.1. The first-order chi connectivity index (χ1) is 7.59. The number of carbonyl (C=O) groups is 1. The maximum atomic E-state index is 13.0. The van der Waals surface area contributed by atoms with Crippen LogP contribution in [0.4, 0.5) is 8.78 Å². The lowest BCUT2D eigenvalue weighted by Crippen LogP contribution is -2.02. The summed E-state index contributed by atoms with van der Waals surface area (Å²) in [6.45, 7) is 0. The Hall–Kier alpha value is -1.26. The van der Waals surface area contributed by atoms with Crippen LogP contribution in [0, 0.1) is 11.6 Å². The van der Waals surface area contributed by atoms with Crippen molar-refractivity contribution in [2.75, 3.05) is 0 Å². The van der Waals surface area contributed by atoms with Crippen LogP contribution in [0.3, 0.4) is 0 Å². The van der Waals surface area contributed by atoms with Gasteiger partial charge < -0.3 is 0 Å². The highest BCUT2D eigenvalue weighted by Gasteiger charge is 2.16. The van der Waals surface area contributed by atoms with Gasteiger partial charge in [-0.3, -0.25) is 4.79 Å². The van der Waals surface area contributed by atoms with E-state index >= 15 is 0 Å². The zero-order valence-electron chi connectivity index (χ0n) is 7.84. The molecular weight excluding hydrogens is 254 g/mol. The highest BCUT2D eigenvalue weighted by atomic mass is 35.5. The molecule has 0 N–H and O–H groups in total. The van der Waals surface area contributed by atoms with Crippen LogP contribution in [0.15, 0.2) is 29.0 Å². The molecule has 0 saturated carbocycles. The Bertz CT molecular complexity index is 537. The van der Waals surface area contributed by atoms with E-state index in [-0.39, 0.29) is 10.6 Å². The molecule has 0 radical (unpaired) electrons. The Balaban J connectivity index is 2.49. The van der Waals surface area contributed by atoms with Gasteiger partial charge in [0.25, 0.3) is 0 Å². The number of hydrogen-bond donors (Lipinski definition) is 0. The van der Waals surface area contributed by atoms with E-state index in [1.165, 1.54) is 11.3 Å². The second kappa shape index (κ2) is 4.31. The van der Waals surface area contributed by atoms with Crippen LogP contribution >= 0.6 is 22.9 Å². The molecule has 1 heterocycles. The minimum Gasteiger partial charge on any atom is -0.289 e. The van der Waals surface area contributed by atoms with Crippen LogP contribution in [0.2, 0.25) is 5.02 Å². The molecule has 2 aromatic rings. The molecule has 0 aliphatic heterocycles. The predicted octanol–water partition coefficient (Wildman–Crippen LogP) is 3.91. The number of thiophene rings is 1. The summed E-state index contributed by atoms with van der Waals surface area (Å²) in [5.41, 5.74) is 0.386. The highest BCUT2D eigenvalue weighted by Crippen LogP contribution is 2.23. The molecule has 0 unspecified atom stereocenters. The average Bonchev–Trinajstić information content (AvgIpc) is 2.75. The topological polar surface area (TPSA) is 17.1 Å². The molecule has 0 atom stereocenters. The second-order valence-corrected chi connectivity index (χ2v) is 4.27. The van der Waals surface area contributed by atoms with Crippen LogP contribution in [-0.4, -0.2) is 5.78 Å². The molecule has 0 fully saturated rings. The van der Waals surface area contributed by atoms with Gasteiger partial charge in [0.2, 0.25) is 0 Å². The number of carbonyl (C=O) groups excluding carboxylic acids is 1. The third-order valence-corrected chi connectivity index (χ3v) is 3.03. The Kier molecular flexibility index (Phi) is 3.03. The van der Waals surface area contributed by atoms with Gasteiger partial charge in [-0.25, -0.2) is 8.78 Å². The summed E-state index contributed by atoms with van der Waals surface area (Å²) in [5.74, 6) is -2.56. The van der Waals surface area contributed by atoms with Crippen molar-refractivity contribution in [1.29, 1.82) is 0 Å². The minimum atomic E-state index is -1.08. The third-order valence-electron chi connectivity index (χ3n) is 2.04. The molecule has 16 heavy (non-hydrogen) atoms. The van der Waals surface area contributed by atoms with E-state index < -0.39 is 17.4 Å². The summed E-state index contributed by atoms with van der Waals surface area (Å²) in [6.07, 6.45) is 0. The molecule has 0 bridgehead atoms. The SMILES string of the molecule is O=C(c1ccsc1)c1cc(F)c(F)cc1Cl. The van der Waals surface area contributed by atoms with Crippen molar-refractivity contribution in [2.24, 2.45) is 0 Å². The molecule has 0 amide bonds. The van der Waals surface area contributed by atoms with Crippen molar-refractivity contribution in [3.8, 4) is 0 Å². The smallest absolute Gasteiger partial charge is 0.195 e. The summed E-state index contributed by atoms with van der Waals surface area (Å²) >= 11 is 7.03. The first kappa shape index (κ1) is 11.2. The lowest BCUT2D eigenvalue weighted by molar-refractivity contribution is 0.103. The monoisotopic (exact) mass is 258 g/mol. The van der Waals surface area contributed by atoms with Gasteiger partial charge in [0.15, 0.2) is 17.4 Å². The predicted molar refractivity (Wildman–Crippen MR) is 59.1 cm³/mol. The first-order valence-electron chi connectivity index (χ1n) is 4.31. The number of halogens is 3. The number of hydrogen-bond acceptors (Lipinski definition) is 2. The summed E-state index contributed by atoms with van der Waals surface area (Å²) < 4.78 is 25.8. The highest BCUT2D eigenvalue weighted by molar-refractivity contribution is 7.08. The molecule has 0 spiro atoms. The molecule has 2 rings (SSSR count). The standard InChI is InChI=1S/C11H5ClF2OS/c12-8-4-10(14)9(13)3-7(8)11(15)6-1-2-16-5-6/h1-5H.